The van der Waals surface area contributed by atoms with Crippen LogP contribution < -0.4 is 0 Å². The van der Waals surface area contributed by atoms with Crippen molar-refractivity contribution >= 4 is 21.9 Å². The smallest absolute Gasteiger partial charge is 0.326 e. The van der Waals surface area contributed by atoms with Crippen molar-refractivity contribution in [2.24, 2.45) is 0 Å². The lowest BCUT2D eigenvalue weighted by atomic mass is 10.4. The molecule has 0 fully saturated rings. The Morgan fingerprint density at radius 3 is 2.70 bits per heavy atom. The molecular weight excluding hydrogens is 206 g/mol. The Morgan fingerprint density at radius 2 is 2.40 bits per heavy atom. The molecule has 10 heavy (non-hydrogen) atoms. The topological polar surface area (TPSA) is 69.4 Å². The molecule has 0 aliphatic rings. The van der Waals surface area contributed by atoms with Gasteiger partial charge in [-0.15, -0.1) is 0 Å². The molecule has 0 aliphatic heterocycles. The van der Waals surface area contributed by atoms with Crippen LogP contribution in [0.4, 0.5) is 0 Å². The van der Waals surface area contributed by atoms with Gasteiger partial charge in [-0.2, -0.15) is 0 Å². The van der Waals surface area contributed by atoms with Gasteiger partial charge in [0.25, 0.3) is 0 Å². The lowest BCUT2D eigenvalue weighted by Crippen LogP contribution is -2.24. The van der Waals surface area contributed by atoms with Gasteiger partial charge in [0.05, 0.1) is 7.11 Å². The second-order valence-corrected chi connectivity index (χ2v) is 2.61. The molecule has 0 heterocycles. The van der Waals surface area contributed by atoms with E-state index >= 15 is 0 Å². The molecule has 0 rings (SSSR count). The number of nitrogens with zero attached hydrogens (tertiary/aromatic N) is 1. The summed E-state index contributed by atoms with van der Waals surface area (Å²) >= 11 is 2.79. The lowest BCUT2D eigenvalue weighted by Gasteiger charge is -2.00. The minimum atomic E-state index is -0.840. The summed E-state index contributed by atoms with van der Waals surface area (Å²) in [5.74, 6) is -0.628. The van der Waals surface area contributed by atoms with E-state index in [1.165, 1.54) is 7.11 Å². The number of halogens is 1. The fourth-order valence-corrected chi connectivity index (χ4v) is 0.757. The molecule has 0 saturated heterocycles. The predicted molar refractivity (Wildman–Crippen MR) is 36.6 cm³/mol. The highest BCUT2D eigenvalue weighted by molar-refractivity contribution is 9.10. The Bertz CT molecular complexity index is 148. The molecule has 6 heteroatoms. The maximum absolute atomic E-state index is 10.5. The van der Waals surface area contributed by atoms with Crippen LogP contribution in [0.15, 0.2) is 0 Å². The molecule has 0 spiro atoms. The Labute approximate surface area is 65.6 Å². The molecule has 0 N–H and O–H groups in total. The number of carbonyl (C=O) groups is 1. The lowest BCUT2D eigenvalue weighted by molar-refractivity contribution is -0.477. The van der Waals surface area contributed by atoms with Crippen molar-refractivity contribution < 1.29 is 14.5 Å². The van der Waals surface area contributed by atoms with Crippen LogP contribution in [0.5, 0.6) is 0 Å². The zero-order valence-corrected chi connectivity index (χ0v) is 6.83. The van der Waals surface area contributed by atoms with Gasteiger partial charge in [-0.05, 0) is 0 Å². The van der Waals surface area contributed by atoms with Gasteiger partial charge in [0.15, 0.2) is 4.83 Å². The standard InChI is InChI=1S/C4H6BrNO4/c1-10-4(7)3(5)2-6(8)9/h3H,2H2,1H3. The van der Waals surface area contributed by atoms with E-state index in [9.17, 15) is 14.9 Å². The first kappa shape index (κ1) is 9.35. The zero-order valence-electron chi connectivity index (χ0n) is 5.24. The molecule has 1 unspecified atom stereocenters. The summed E-state index contributed by atoms with van der Waals surface area (Å²) in [6.07, 6.45) is 0. The van der Waals surface area contributed by atoms with Crippen LogP contribution in [0.25, 0.3) is 0 Å². The van der Waals surface area contributed by atoms with Crippen LogP contribution in [0.3, 0.4) is 0 Å². The van der Waals surface area contributed by atoms with Crippen LogP contribution in [0, 0.1) is 10.1 Å². The third-order valence-electron chi connectivity index (χ3n) is 0.766. The van der Waals surface area contributed by atoms with Gasteiger partial charge in [0.2, 0.25) is 6.54 Å². The van der Waals surface area contributed by atoms with Gasteiger partial charge in [0.1, 0.15) is 0 Å². The molecule has 0 radical (unpaired) electrons. The Balaban J connectivity index is 3.72. The monoisotopic (exact) mass is 211 g/mol. The quantitative estimate of drug-likeness (QED) is 0.290. The number of alkyl halides is 1. The van der Waals surface area contributed by atoms with Gasteiger partial charge in [-0.25, -0.2) is 0 Å². The van der Waals surface area contributed by atoms with E-state index in [0.29, 0.717) is 0 Å². The van der Waals surface area contributed by atoms with Gasteiger partial charge < -0.3 is 4.74 Å². The molecule has 0 aromatic rings. The SMILES string of the molecule is COC(=O)C(Br)C[N+](=O)[O-]. The fourth-order valence-electron chi connectivity index (χ4n) is 0.333. The largest absolute Gasteiger partial charge is 0.468 e. The summed E-state index contributed by atoms with van der Waals surface area (Å²) in [4.78, 5) is 18.8. The average Bonchev–Trinajstić information content (AvgIpc) is 1.85. The highest BCUT2D eigenvalue weighted by Crippen LogP contribution is 2.00. The van der Waals surface area contributed by atoms with Crippen molar-refractivity contribution in [2.75, 3.05) is 13.7 Å². The summed E-state index contributed by atoms with van der Waals surface area (Å²) in [5, 5.41) is 9.80. The molecule has 0 aromatic heterocycles. The first-order chi connectivity index (χ1) is 4.57. The third kappa shape index (κ3) is 3.39. The van der Waals surface area contributed by atoms with E-state index in [-0.39, 0.29) is 0 Å². The number of ether oxygens (including phenoxy) is 1. The molecule has 0 aromatic carbocycles. The van der Waals surface area contributed by atoms with Crippen molar-refractivity contribution in [3.05, 3.63) is 10.1 Å². The Morgan fingerprint density at radius 1 is 1.90 bits per heavy atom. The molecular formula is C4H6BrNO4. The number of methoxy groups -OCH3 is 1. The predicted octanol–water partition coefficient (Wildman–Crippen LogP) is 0.200. The normalized spacial score (nSPS) is 12.2. The van der Waals surface area contributed by atoms with E-state index in [1.807, 2.05) is 0 Å². The second-order valence-electron chi connectivity index (χ2n) is 1.51. The fraction of sp³-hybridized carbons (Fsp3) is 0.750. The third-order valence-corrected chi connectivity index (χ3v) is 1.43. The molecule has 0 bridgehead atoms. The van der Waals surface area contributed by atoms with Crippen molar-refractivity contribution in [3.8, 4) is 0 Å². The first-order valence-electron chi connectivity index (χ1n) is 2.41. The zero-order chi connectivity index (χ0) is 8.15. The van der Waals surface area contributed by atoms with Crippen molar-refractivity contribution in [1.29, 1.82) is 0 Å². The van der Waals surface area contributed by atoms with Crippen molar-refractivity contribution in [2.45, 2.75) is 4.83 Å². The number of nitro groups is 1. The number of rotatable bonds is 3. The summed E-state index contributed by atoms with van der Waals surface area (Å²) in [6.45, 7) is -0.452. The van der Waals surface area contributed by atoms with Crippen molar-refractivity contribution in [1.82, 2.24) is 0 Å². The maximum Gasteiger partial charge on any atom is 0.326 e. The summed E-state index contributed by atoms with van der Waals surface area (Å²) < 4.78 is 4.22. The summed E-state index contributed by atoms with van der Waals surface area (Å²) in [7, 11) is 1.18. The van der Waals surface area contributed by atoms with E-state index in [0.717, 1.165) is 0 Å². The summed E-state index contributed by atoms with van der Waals surface area (Å²) in [6, 6.07) is 0. The van der Waals surface area contributed by atoms with Crippen LogP contribution in [0.1, 0.15) is 0 Å². The molecule has 1 atom stereocenters. The van der Waals surface area contributed by atoms with Crippen LogP contribution in [-0.2, 0) is 9.53 Å². The summed E-state index contributed by atoms with van der Waals surface area (Å²) in [5.41, 5.74) is 0. The minimum absolute atomic E-state index is 0.452. The second kappa shape index (κ2) is 4.21. The minimum Gasteiger partial charge on any atom is -0.468 e. The molecule has 5 nitrogen and oxygen atoms in total. The van der Waals surface area contributed by atoms with E-state index in [2.05, 4.69) is 20.7 Å². The van der Waals surface area contributed by atoms with Gasteiger partial charge >= 0.3 is 5.97 Å². The molecule has 58 valence electrons. The van der Waals surface area contributed by atoms with Crippen LogP contribution in [0.2, 0.25) is 0 Å². The molecule has 0 aliphatic carbocycles. The number of esters is 1. The number of hydrogen-bond acceptors (Lipinski definition) is 4. The maximum atomic E-state index is 10.5. The van der Waals surface area contributed by atoms with E-state index < -0.39 is 22.3 Å². The van der Waals surface area contributed by atoms with E-state index in [4.69, 9.17) is 0 Å². The molecule has 0 amide bonds. The highest BCUT2D eigenvalue weighted by Gasteiger charge is 2.20. The highest BCUT2D eigenvalue weighted by atomic mass is 79.9. The average molecular weight is 212 g/mol. The number of hydrogen-bond donors (Lipinski definition) is 0. The Hall–Kier alpha value is -0.650. The van der Waals surface area contributed by atoms with Crippen LogP contribution in [-0.4, -0.2) is 29.4 Å². The molecule has 0 saturated carbocycles. The van der Waals surface area contributed by atoms with Gasteiger partial charge in [0, 0.05) is 4.92 Å². The van der Waals surface area contributed by atoms with Gasteiger partial charge in [-0.3, -0.25) is 14.9 Å². The first-order valence-corrected chi connectivity index (χ1v) is 3.33. The van der Waals surface area contributed by atoms with Crippen molar-refractivity contribution in [3.63, 3.8) is 0 Å². The van der Waals surface area contributed by atoms with E-state index in [1.54, 1.807) is 0 Å². The number of carbonyl (C=O) groups excluding carboxylic acids is 1. The Kier molecular flexibility index (Phi) is 3.94. The van der Waals surface area contributed by atoms with Crippen LogP contribution >= 0.6 is 15.9 Å². The van der Waals surface area contributed by atoms with Gasteiger partial charge in [-0.1, -0.05) is 15.9 Å².